The summed E-state index contributed by atoms with van der Waals surface area (Å²) in [6.07, 6.45) is 0.789. The molecular weight excluding hydrogens is 328 g/mol. The van der Waals surface area contributed by atoms with Gasteiger partial charge in [-0.3, -0.25) is 9.69 Å². The fourth-order valence-electron chi connectivity index (χ4n) is 3.14. The Morgan fingerprint density at radius 3 is 2.73 bits per heavy atom. The molecule has 1 N–H and O–H groups in total. The quantitative estimate of drug-likeness (QED) is 0.866. The zero-order valence-electron chi connectivity index (χ0n) is 15.6. The van der Waals surface area contributed by atoms with E-state index in [-0.39, 0.29) is 18.0 Å². The molecule has 26 heavy (non-hydrogen) atoms. The van der Waals surface area contributed by atoms with Crippen molar-refractivity contribution in [2.75, 3.05) is 20.8 Å². The molecule has 1 aliphatic heterocycles. The van der Waals surface area contributed by atoms with Gasteiger partial charge in [-0.05, 0) is 37.7 Å². The van der Waals surface area contributed by atoms with Crippen LogP contribution in [-0.4, -0.2) is 37.6 Å². The predicted octanol–water partition coefficient (Wildman–Crippen LogP) is 3.16. The maximum Gasteiger partial charge on any atom is 0.237 e. The normalized spacial score (nSPS) is 17.2. The van der Waals surface area contributed by atoms with Gasteiger partial charge in [0, 0.05) is 18.5 Å². The Labute approximate surface area is 154 Å². The standard InChI is InChI=1S/C21H26N2O3/c1-15(23(2)14-16-8-10-17(25-3)11-9-16)21(24)22-19-12-13-26-20-7-5-4-6-18(19)20/h4-11,15,19H,12-14H2,1-3H3,(H,22,24). The molecule has 0 fully saturated rings. The molecule has 0 radical (unpaired) electrons. The summed E-state index contributed by atoms with van der Waals surface area (Å²) in [7, 11) is 3.62. The molecule has 1 heterocycles. The van der Waals surface area contributed by atoms with Gasteiger partial charge in [0.25, 0.3) is 0 Å². The van der Waals surface area contributed by atoms with Gasteiger partial charge < -0.3 is 14.8 Å². The number of carbonyl (C=O) groups is 1. The number of hydrogen-bond acceptors (Lipinski definition) is 4. The molecule has 138 valence electrons. The topological polar surface area (TPSA) is 50.8 Å². The van der Waals surface area contributed by atoms with Crippen molar-refractivity contribution in [3.63, 3.8) is 0 Å². The fraction of sp³-hybridized carbons (Fsp3) is 0.381. The molecule has 0 saturated heterocycles. The van der Waals surface area contributed by atoms with Gasteiger partial charge in [-0.2, -0.15) is 0 Å². The molecule has 3 rings (SSSR count). The van der Waals surface area contributed by atoms with Gasteiger partial charge in [0.2, 0.25) is 5.91 Å². The van der Waals surface area contributed by atoms with Crippen LogP contribution < -0.4 is 14.8 Å². The number of carbonyl (C=O) groups excluding carboxylic acids is 1. The van der Waals surface area contributed by atoms with E-state index in [2.05, 4.69) is 5.32 Å². The first-order valence-electron chi connectivity index (χ1n) is 8.93. The van der Waals surface area contributed by atoms with E-state index in [9.17, 15) is 4.79 Å². The Kier molecular flexibility index (Phi) is 5.78. The molecule has 0 saturated carbocycles. The minimum Gasteiger partial charge on any atom is -0.497 e. The molecule has 0 aliphatic carbocycles. The number of likely N-dealkylation sites (N-methyl/N-ethyl adjacent to an activating group) is 1. The molecule has 2 atom stereocenters. The number of nitrogens with zero attached hydrogens (tertiary/aromatic N) is 1. The number of nitrogens with one attached hydrogen (secondary N) is 1. The number of benzene rings is 2. The van der Waals surface area contributed by atoms with Crippen molar-refractivity contribution in [1.29, 1.82) is 0 Å². The average molecular weight is 354 g/mol. The van der Waals surface area contributed by atoms with Crippen LogP contribution in [0.1, 0.15) is 30.5 Å². The number of ether oxygens (including phenoxy) is 2. The molecule has 0 bridgehead atoms. The first-order valence-corrected chi connectivity index (χ1v) is 8.93. The Morgan fingerprint density at radius 2 is 2.00 bits per heavy atom. The van der Waals surface area contributed by atoms with Crippen LogP contribution in [0, 0.1) is 0 Å². The van der Waals surface area contributed by atoms with Crippen LogP contribution in [0.2, 0.25) is 0 Å². The molecular formula is C21H26N2O3. The van der Waals surface area contributed by atoms with E-state index in [1.807, 2.05) is 67.4 Å². The number of methoxy groups -OCH3 is 1. The highest BCUT2D eigenvalue weighted by Gasteiger charge is 2.26. The van der Waals surface area contributed by atoms with Gasteiger partial charge in [0.1, 0.15) is 11.5 Å². The number of fused-ring (bicyclic) bond motifs is 1. The van der Waals surface area contributed by atoms with Crippen LogP contribution in [0.4, 0.5) is 0 Å². The van der Waals surface area contributed by atoms with Gasteiger partial charge in [-0.25, -0.2) is 0 Å². The highest BCUT2D eigenvalue weighted by Crippen LogP contribution is 2.31. The molecule has 2 aromatic carbocycles. The van der Waals surface area contributed by atoms with E-state index in [1.54, 1.807) is 7.11 Å². The molecule has 0 spiro atoms. The second-order valence-electron chi connectivity index (χ2n) is 6.68. The van der Waals surface area contributed by atoms with E-state index in [0.29, 0.717) is 13.2 Å². The largest absolute Gasteiger partial charge is 0.497 e. The van der Waals surface area contributed by atoms with Gasteiger partial charge >= 0.3 is 0 Å². The number of rotatable bonds is 6. The van der Waals surface area contributed by atoms with Gasteiger partial charge in [0.05, 0.1) is 25.8 Å². The van der Waals surface area contributed by atoms with Crippen molar-refractivity contribution in [3.05, 3.63) is 59.7 Å². The first-order chi connectivity index (χ1) is 12.6. The molecule has 2 aromatic rings. The maximum absolute atomic E-state index is 12.7. The van der Waals surface area contributed by atoms with Crippen LogP contribution in [0.3, 0.4) is 0 Å². The summed E-state index contributed by atoms with van der Waals surface area (Å²) in [4.78, 5) is 14.8. The minimum atomic E-state index is -0.230. The third-order valence-electron chi connectivity index (χ3n) is 4.91. The van der Waals surface area contributed by atoms with E-state index >= 15 is 0 Å². The second-order valence-corrected chi connectivity index (χ2v) is 6.68. The minimum absolute atomic E-state index is 0.00397. The Morgan fingerprint density at radius 1 is 1.27 bits per heavy atom. The SMILES string of the molecule is COc1ccc(CN(C)C(C)C(=O)NC2CCOc3ccccc32)cc1. The maximum atomic E-state index is 12.7. The Bertz CT molecular complexity index is 745. The number of hydrogen-bond donors (Lipinski definition) is 1. The van der Waals surface area contributed by atoms with Crippen LogP contribution in [0.25, 0.3) is 0 Å². The summed E-state index contributed by atoms with van der Waals surface area (Å²) in [6.45, 7) is 3.26. The van der Waals surface area contributed by atoms with Crippen LogP contribution >= 0.6 is 0 Å². The number of amides is 1. The van der Waals surface area contributed by atoms with E-state index in [0.717, 1.165) is 29.0 Å². The van der Waals surface area contributed by atoms with Crippen molar-refractivity contribution >= 4 is 5.91 Å². The molecule has 1 amide bonds. The smallest absolute Gasteiger partial charge is 0.237 e. The van der Waals surface area contributed by atoms with Gasteiger partial charge in [0.15, 0.2) is 0 Å². The van der Waals surface area contributed by atoms with Crippen LogP contribution in [-0.2, 0) is 11.3 Å². The lowest BCUT2D eigenvalue weighted by Gasteiger charge is -2.30. The molecule has 5 heteroatoms. The van der Waals surface area contributed by atoms with Gasteiger partial charge in [-0.15, -0.1) is 0 Å². The Hall–Kier alpha value is -2.53. The highest BCUT2D eigenvalue weighted by molar-refractivity contribution is 5.81. The second kappa shape index (κ2) is 8.23. The monoisotopic (exact) mass is 354 g/mol. The predicted molar refractivity (Wildman–Crippen MR) is 101 cm³/mol. The summed E-state index contributed by atoms with van der Waals surface area (Å²) in [6, 6.07) is 15.6. The lowest BCUT2D eigenvalue weighted by molar-refractivity contribution is -0.126. The van der Waals surface area contributed by atoms with Crippen molar-refractivity contribution in [2.45, 2.75) is 32.0 Å². The number of para-hydroxylation sites is 1. The molecule has 1 aliphatic rings. The third-order valence-corrected chi connectivity index (χ3v) is 4.91. The highest BCUT2D eigenvalue weighted by atomic mass is 16.5. The fourth-order valence-corrected chi connectivity index (χ4v) is 3.14. The zero-order chi connectivity index (χ0) is 18.5. The van der Waals surface area contributed by atoms with Gasteiger partial charge in [-0.1, -0.05) is 30.3 Å². The van der Waals surface area contributed by atoms with Crippen molar-refractivity contribution in [3.8, 4) is 11.5 Å². The molecule has 0 aromatic heterocycles. The van der Waals surface area contributed by atoms with E-state index in [4.69, 9.17) is 9.47 Å². The molecule has 5 nitrogen and oxygen atoms in total. The lowest BCUT2D eigenvalue weighted by Crippen LogP contribution is -2.45. The Balaban J connectivity index is 1.60. The average Bonchev–Trinajstić information content (AvgIpc) is 2.68. The van der Waals surface area contributed by atoms with Crippen molar-refractivity contribution < 1.29 is 14.3 Å². The van der Waals surface area contributed by atoms with E-state index in [1.165, 1.54) is 0 Å². The van der Waals surface area contributed by atoms with E-state index < -0.39 is 0 Å². The van der Waals surface area contributed by atoms with Crippen molar-refractivity contribution in [2.24, 2.45) is 0 Å². The third kappa shape index (κ3) is 4.17. The summed E-state index contributed by atoms with van der Waals surface area (Å²) in [5, 5.41) is 3.18. The molecule has 2 unspecified atom stereocenters. The summed E-state index contributed by atoms with van der Waals surface area (Å²) in [5.74, 6) is 1.73. The lowest BCUT2D eigenvalue weighted by atomic mass is 10.00. The summed E-state index contributed by atoms with van der Waals surface area (Å²) < 4.78 is 10.9. The van der Waals surface area contributed by atoms with Crippen LogP contribution in [0.5, 0.6) is 11.5 Å². The van der Waals surface area contributed by atoms with Crippen molar-refractivity contribution in [1.82, 2.24) is 10.2 Å². The summed E-state index contributed by atoms with van der Waals surface area (Å²) in [5.41, 5.74) is 2.20. The first kappa shape index (κ1) is 18.3. The summed E-state index contributed by atoms with van der Waals surface area (Å²) >= 11 is 0. The zero-order valence-corrected chi connectivity index (χ0v) is 15.6. The van der Waals surface area contributed by atoms with Crippen LogP contribution in [0.15, 0.2) is 48.5 Å².